The minimum atomic E-state index is -0.453. The quantitative estimate of drug-likeness (QED) is 0.453. The zero-order valence-corrected chi connectivity index (χ0v) is 20.0. The Morgan fingerprint density at radius 3 is 2.42 bits per heavy atom. The molecule has 1 fully saturated rings. The van der Waals surface area contributed by atoms with Crippen molar-refractivity contribution in [3.63, 3.8) is 0 Å². The Kier molecular flexibility index (Phi) is 4.46. The molecule has 3 aliphatic heterocycles. The first-order chi connectivity index (χ1) is 14.5. The van der Waals surface area contributed by atoms with Gasteiger partial charge in [0.2, 0.25) is 0 Å². The number of carbonyl (C=O) groups is 2. The number of amides is 2. The molecule has 4 nitrogen and oxygen atoms in total. The van der Waals surface area contributed by atoms with Gasteiger partial charge in [-0.3, -0.25) is 9.59 Å². The maximum absolute atomic E-state index is 13.8. The Balaban J connectivity index is 1.84. The van der Waals surface area contributed by atoms with Crippen molar-refractivity contribution >= 4 is 63.0 Å². The molecular formula is C24H21ClN2O2S2. The van der Waals surface area contributed by atoms with Crippen LogP contribution in [0.15, 0.2) is 41.3 Å². The first-order valence-corrected chi connectivity index (χ1v) is 11.7. The summed E-state index contributed by atoms with van der Waals surface area (Å²) in [5.74, 6) is -0.431. The molecule has 7 heteroatoms. The van der Waals surface area contributed by atoms with Crippen molar-refractivity contribution < 1.29 is 9.59 Å². The highest BCUT2D eigenvalue weighted by Gasteiger charge is 2.53. The van der Waals surface area contributed by atoms with E-state index in [0.29, 0.717) is 19.8 Å². The number of nitrogens with one attached hydrogen (secondary N) is 1. The molecule has 5 rings (SSSR count). The molecule has 1 N–H and O–H groups in total. The molecule has 1 unspecified atom stereocenters. The van der Waals surface area contributed by atoms with Gasteiger partial charge in [-0.15, -0.1) is 0 Å². The number of aryl methyl sites for hydroxylation is 1. The van der Waals surface area contributed by atoms with Crippen molar-refractivity contribution in [2.45, 2.75) is 45.1 Å². The molecule has 0 bridgehead atoms. The summed E-state index contributed by atoms with van der Waals surface area (Å²) in [5.41, 5.74) is 4.70. The summed E-state index contributed by atoms with van der Waals surface area (Å²) in [6.07, 6.45) is 0.740. The Morgan fingerprint density at radius 1 is 1.13 bits per heavy atom. The van der Waals surface area contributed by atoms with Gasteiger partial charge < -0.3 is 10.2 Å². The Morgan fingerprint density at radius 2 is 1.81 bits per heavy atom. The first-order valence-electron chi connectivity index (χ1n) is 10.1. The van der Waals surface area contributed by atoms with E-state index in [1.165, 1.54) is 11.8 Å². The van der Waals surface area contributed by atoms with Gasteiger partial charge >= 0.3 is 0 Å². The molecule has 2 aromatic rings. The van der Waals surface area contributed by atoms with Crippen molar-refractivity contribution in [2.24, 2.45) is 0 Å². The van der Waals surface area contributed by atoms with Crippen molar-refractivity contribution in [1.29, 1.82) is 0 Å². The standard InChI is InChI=1S/C24H21ClN2O2S2/c1-12-9-15-17(19-20(28)26-22(30)31-19)21(29)27-18(15)16(10-12)24(4,11-23(27,2)3)13-5-7-14(25)8-6-13/h5-10H,11H2,1-4H3,(H,26,28,30)/b19-17-. The molecule has 3 aliphatic rings. The number of thioether (sulfide) groups is 1. The summed E-state index contributed by atoms with van der Waals surface area (Å²) >= 11 is 12.5. The van der Waals surface area contributed by atoms with E-state index in [1.807, 2.05) is 30.0 Å². The molecule has 0 spiro atoms. The van der Waals surface area contributed by atoms with Crippen molar-refractivity contribution in [3.8, 4) is 0 Å². The van der Waals surface area contributed by atoms with Gasteiger partial charge in [0, 0.05) is 21.5 Å². The number of thiocarbonyl (C=S) groups is 1. The van der Waals surface area contributed by atoms with E-state index in [9.17, 15) is 9.59 Å². The number of hydrogen-bond acceptors (Lipinski definition) is 4. The molecule has 0 aliphatic carbocycles. The second-order valence-corrected chi connectivity index (χ2v) is 11.3. The van der Waals surface area contributed by atoms with Crippen molar-refractivity contribution in [1.82, 2.24) is 5.32 Å². The topological polar surface area (TPSA) is 49.4 Å². The van der Waals surface area contributed by atoms with E-state index in [2.05, 4.69) is 44.3 Å². The van der Waals surface area contributed by atoms with E-state index in [4.69, 9.17) is 23.8 Å². The predicted molar refractivity (Wildman–Crippen MR) is 131 cm³/mol. The smallest absolute Gasteiger partial charge is 0.264 e. The normalized spacial score (nSPS) is 26.4. The van der Waals surface area contributed by atoms with E-state index < -0.39 is 5.54 Å². The van der Waals surface area contributed by atoms with E-state index in [0.717, 1.165) is 34.4 Å². The number of nitrogens with zero attached hydrogens (tertiary/aromatic N) is 1. The number of benzene rings is 2. The van der Waals surface area contributed by atoms with Crippen LogP contribution in [0.2, 0.25) is 5.02 Å². The highest BCUT2D eigenvalue weighted by molar-refractivity contribution is 8.27. The maximum atomic E-state index is 13.8. The van der Waals surface area contributed by atoms with Gasteiger partial charge in [-0.25, -0.2) is 0 Å². The minimum absolute atomic E-state index is 0.132. The lowest BCUT2D eigenvalue weighted by Crippen LogP contribution is -2.54. The average Bonchev–Trinajstić information content (AvgIpc) is 3.15. The molecule has 3 heterocycles. The number of hydrogen-bond donors (Lipinski definition) is 1. The lowest BCUT2D eigenvalue weighted by molar-refractivity contribution is -0.116. The van der Waals surface area contributed by atoms with Crippen LogP contribution >= 0.6 is 35.6 Å². The van der Waals surface area contributed by atoms with Crippen molar-refractivity contribution in [2.75, 3.05) is 4.90 Å². The van der Waals surface area contributed by atoms with Gasteiger partial charge in [0.05, 0.1) is 16.2 Å². The fourth-order valence-electron chi connectivity index (χ4n) is 5.35. The van der Waals surface area contributed by atoms with Gasteiger partial charge in [-0.05, 0) is 56.5 Å². The molecule has 158 valence electrons. The fraction of sp³-hybridized carbons (Fsp3) is 0.292. The highest BCUT2D eigenvalue weighted by Crippen LogP contribution is 2.57. The largest absolute Gasteiger partial charge is 0.307 e. The summed E-state index contributed by atoms with van der Waals surface area (Å²) in [7, 11) is 0. The van der Waals surface area contributed by atoms with Gasteiger partial charge in [0.1, 0.15) is 4.32 Å². The van der Waals surface area contributed by atoms with Crippen LogP contribution in [-0.2, 0) is 15.0 Å². The van der Waals surface area contributed by atoms with Gasteiger partial charge in [0.15, 0.2) is 0 Å². The van der Waals surface area contributed by atoms with Crippen LogP contribution in [-0.4, -0.2) is 21.7 Å². The van der Waals surface area contributed by atoms with Gasteiger partial charge in [-0.1, -0.05) is 66.3 Å². The van der Waals surface area contributed by atoms with E-state index in [-0.39, 0.29) is 17.2 Å². The summed E-state index contributed by atoms with van der Waals surface area (Å²) in [6, 6.07) is 12.1. The van der Waals surface area contributed by atoms with Crippen LogP contribution in [0.1, 0.15) is 49.4 Å². The Labute approximate surface area is 196 Å². The van der Waals surface area contributed by atoms with Crippen LogP contribution in [0.3, 0.4) is 0 Å². The lowest BCUT2D eigenvalue weighted by atomic mass is 9.65. The third kappa shape index (κ3) is 2.92. The van der Waals surface area contributed by atoms with E-state index >= 15 is 0 Å². The number of rotatable bonds is 1. The average molecular weight is 469 g/mol. The minimum Gasteiger partial charge on any atom is -0.307 e. The number of carbonyl (C=O) groups excluding carboxylic acids is 2. The summed E-state index contributed by atoms with van der Waals surface area (Å²) in [6.45, 7) is 8.43. The third-order valence-electron chi connectivity index (χ3n) is 6.48. The summed E-state index contributed by atoms with van der Waals surface area (Å²) in [4.78, 5) is 28.6. The Bertz CT molecular complexity index is 1230. The van der Waals surface area contributed by atoms with Crippen LogP contribution < -0.4 is 10.2 Å². The second-order valence-electron chi connectivity index (χ2n) is 9.23. The summed E-state index contributed by atoms with van der Waals surface area (Å²) < 4.78 is 0.383. The summed E-state index contributed by atoms with van der Waals surface area (Å²) in [5, 5.41) is 3.35. The molecule has 0 radical (unpaired) electrons. The number of halogens is 1. The molecule has 2 amide bonds. The lowest BCUT2D eigenvalue weighted by Gasteiger charge is -2.50. The fourth-order valence-corrected chi connectivity index (χ4v) is 6.59. The molecule has 2 aromatic carbocycles. The van der Waals surface area contributed by atoms with Crippen LogP contribution in [0, 0.1) is 6.92 Å². The molecular weight excluding hydrogens is 448 g/mol. The first kappa shape index (κ1) is 20.7. The molecule has 31 heavy (non-hydrogen) atoms. The zero-order chi connectivity index (χ0) is 22.3. The Hall–Kier alpha value is -2.15. The monoisotopic (exact) mass is 468 g/mol. The van der Waals surface area contributed by atoms with Crippen LogP contribution in [0.4, 0.5) is 5.69 Å². The van der Waals surface area contributed by atoms with Gasteiger partial charge in [-0.2, -0.15) is 0 Å². The van der Waals surface area contributed by atoms with Crippen LogP contribution in [0.5, 0.6) is 0 Å². The molecule has 0 aromatic heterocycles. The number of anilines is 1. The SMILES string of the molecule is Cc1cc2c3c(c1)C(C)(c1ccc(Cl)cc1)CC(C)(C)N3C(=O)/C2=C1\SC(=S)NC1=O. The maximum Gasteiger partial charge on any atom is 0.264 e. The van der Waals surface area contributed by atoms with Crippen LogP contribution in [0.25, 0.3) is 5.57 Å². The van der Waals surface area contributed by atoms with E-state index in [1.54, 1.807) is 0 Å². The second kappa shape index (κ2) is 6.67. The third-order valence-corrected chi connectivity index (χ3v) is 7.96. The zero-order valence-electron chi connectivity index (χ0n) is 17.6. The molecule has 0 saturated carbocycles. The molecule has 1 saturated heterocycles. The van der Waals surface area contributed by atoms with Crippen molar-refractivity contribution in [3.05, 3.63) is 68.6 Å². The highest BCUT2D eigenvalue weighted by atomic mass is 35.5. The molecule has 1 atom stereocenters. The predicted octanol–water partition coefficient (Wildman–Crippen LogP) is 5.34. The van der Waals surface area contributed by atoms with Gasteiger partial charge in [0.25, 0.3) is 11.8 Å².